The number of rotatable bonds is 7. The molecule has 1 fully saturated rings. The highest BCUT2D eigenvalue weighted by Gasteiger charge is 2.36. The van der Waals surface area contributed by atoms with E-state index in [-0.39, 0.29) is 11.8 Å². The van der Waals surface area contributed by atoms with Gasteiger partial charge in [0.05, 0.1) is 5.92 Å². The highest BCUT2D eigenvalue weighted by atomic mass is 16.4. The van der Waals surface area contributed by atoms with Crippen LogP contribution >= 0.6 is 0 Å². The number of aliphatic carboxylic acids is 1. The van der Waals surface area contributed by atoms with Crippen molar-refractivity contribution in [1.82, 2.24) is 26.8 Å². The van der Waals surface area contributed by atoms with Crippen LogP contribution in [0.1, 0.15) is 37.4 Å². The number of nitrogens with one attached hydrogen (secondary N) is 4. The van der Waals surface area contributed by atoms with E-state index in [1.807, 2.05) is 26.1 Å². The summed E-state index contributed by atoms with van der Waals surface area (Å²) in [6.45, 7) is 5.89. The van der Waals surface area contributed by atoms with Crippen LogP contribution < -0.4 is 21.8 Å². The molecule has 0 aliphatic carbocycles. The number of pyridine rings is 1. The van der Waals surface area contributed by atoms with E-state index in [4.69, 9.17) is 0 Å². The van der Waals surface area contributed by atoms with E-state index in [0.717, 1.165) is 25.2 Å². The standard InChI is InChI=1S/C17H26N6O2/c1-10(2)15(17(24)25)14(16-20-22-23-21-16)7-13-4-3-11(9-19-13)12-5-6-18-8-12/h3-4,9-10,12,14-15,18,22-23H,5-8H2,1-2H3,(H,20,21)(H,24,25). The van der Waals surface area contributed by atoms with Crippen LogP contribution in [-0.2, 0) is 11.2 Å². The zero-order valence-corrected chi connectivity index (χ0v) is 14.6. The molecule has 0 bridgehead atoms. The molecule has 2 aliphatic heterocycles. The van der Waals surface area contributed by atoms with Gasteiger partial charge < -0.3 is 10.4 Å². The molecule has 3 rings (SSSR count). The average molecular weight is 346 g/mol. The Morgan fingerprint density at radius 2 is 2.24 bits per heavy atom. The summed E-state index contributed by atoms with van der Waals surface area (Å²) in [6, 6.07) is 4.12. The molecule has 1 aromatic heterocycles. The molecular formula is C17H26N6O2. The Balaban J connectivity index is 1.78. The second-order valence-electron chi connectivity index (χ2n) is 7.05. The average Bonchev–Trinajstić information content (AvgIpc) is 3.28. The van der Waals surface area contributed by atoms with Crippen LogP contribution in [0.3, 0.4) is 0 Å². The van der Waals surface area contributed by atoms with E-state index in [9.17, 15) is 9.90 Å². The fourth-order valence-corrected chi connectivity index (χ4v) is 3.66. The van der Waals surface area contributed by atoms with Crippen molar-refractivity contribution in [2.24, 2.45) is 22.9 Å². The summed E-state index contributed by atoms with van der Waals surface area (Å²) in [6.07, 6.45) is 3.58. The molecule has 0 radical (unpaired) electrons. The van der Waals surface area contributed by atoms with Crippen LogP contribution in [0.4, 0.5) is 0 Å². The predicted molar refractivity (Wildman–Crippen MR) is 94.5 cm³/mol. The van der Waals surface area contributed by atoms with E-state index in [0.29, 0.717) is 18.2 Å². The monoisotopic (exact) mass is 346 g/mol. The van der Waals surface area contributed by atoms with E-state index < -0.39 is 11.9 Å². The highest BCUT2D eigenvalue weighted by Crippen LogP contribution is 2.27. The topological polar surface area (TPSA) is 111 Å². The van der Waals surface area contributed by atoms with Gasteiger partial charge in [-0.05, 0) is 36.4 Å². The third-order valence-electron chi connectivity index (χ3n) is 5.02. The predicted octanol–water partition coefficient (Wildman–Crippen LogP) is 0.600. The molecular weight excluding hydrogens is 320 g/mol. The Bertz CT molecular complexity index is 625. The zero-order chi connectivity index (χ0) is 17.8. The number of hydrogen-bond donors (Lipinski definition) is 5. The van der Waals surface area contributed by atoms with Crippen LogP contribution in [-0.4, -0.2) is 35.0 Å². The van der Waals surface area contributed by atoms with Crippen molar-refractivity contribution < 1.29 is 9.90 Å². The minimum Gasteiger partial charge on any atom is -0.481 e. The molecule has 1 aromatic rings. The summed E-state index contributed by atoms with van der Waals surface area (Å²) in [5.41, 5.74) is 10.3. The van der Waals surface area contributed by atoms with Crippen LogP contribution in [0.15, 0.2) is 23.4 Å². The van der Waals surface area contributed by atoms with Crippen molar-refractivity contribution in [1.29, 1.82) is 0 Å². The molecule has 25 heavy (non-hydrogen) atoms. The summed E-state index contributed by atoms with van der Waals surface area (Å²) in [5.74, 6) is -0.539. The van der Waals surface area contributed by atoms with Crippen molar-refractivity contribution in [2.75, 3.05) is 13.1 Å². The first kappa shape index (κ1) is 17.6. The Kier molecular flexibility index (Phi) is 5.50. The minimum absolute atomic E-state index is 0.0172. The van der Waals surface area contributed by atoms with Gasteiger partial charge in [-0.15, -0.1) is 10.6 Å². The molecule has 8 heteroatoms. The van der Waals surface area contributed by atoms with Gasteiger partial charge in [0.1, 0.15) is 5.84 Å². The summed E-state index contributed by atoms with van der Waals surface area (Å²) < 4.78 is 0. The van der Waals surface area contributed by atoms with Crippen LogP contribution in [0.5, 0.6) is 0 Å². The summed E-state index contributed by atoms with van der Waals surface area (Å²) >= 11 is 0. The highest BCUT2D eigenvalue weighted by molar-refractivity contribution is 5.89. The lowest BCUT2D eigenvalue weighted by atomic mass is 9.80. The fraction of sp³-hybridized carbons (Fsp3) is 0.588. The molecule has 136 valence electrons. The van der Waals surface area contributed by atoms with Crippen molar-refractivity contribution >= 4 is 11.8 Å². The van der Waals surface area contributed by atoms with Crippen molar-refractivity contribution in [3.05, 3.63) is 29.6 Å². The number of hydrazone groups is 1. The molecule has 3 unspecified atom stereocenters. The third-order valence-corrected chi connectivity index (χ3v) is 5.02. The van der Waals surface area contributed by atoms with E-state index in [1.165, 1.54) is 5.56 Å². The molecule has 3 atom stereocenters. The number of nitrogens with zero attached hydrogens (tertiary/aromatic N) is 2. The van der Waals surface area contributed by atoms with Gasteiger partial charge in [0, 0.05) is 30.8 Å². The van der Waals surface area contributed by atoms with Gasteiger partial charge in [0.15, 0.2) is 0 Å². The molecule has 8 nitrogen and oxygen atoms in total. The number of hydrazine groups is 2. The molecule has 0 aromatic carbocycles. The van der Waals surface area contributed by atoms with Gasteiger partial charge in [-0.1, -0.05) is 19.9 Å². The smallest absolute Gasteiger partial charge is 0.307 e. The first-order valence-electron chi connectivity index (χ1n) is 8.78. The van der Waals surface area contributed by atoms with Crippen molar-refractivity contribution in [2.45, 2.75) is 32.6 Å². The number of carboxylic acids is 1. The van der Waals surface area contributed by atoms with E-state index >= 15 is 0 Å². The van der Waals surface area contributed by atoms with Gasteiger partial charge in [-0.2, -0.15) is 0 Å². The maximum absolute atomic E-state index is 11.8. The van der Waals surface area contributed by atoms with Crippen molar-refractivity contribution in [3.8, 4) is 0 Å². The van der Waals surface area contributed by atoms with Crippen molar-refractivity contribution in [3.63, 3.8) is 0 Å². The number of carboxylic acid groups (broad SMARTS) is 1. The first-order chi connectivity index (χ1) is 12.1. The number of carbonyl (C=O) groups is 1. The minimum atomic E-state index is -0.815. The molecule has 0 amide bonds. The second-order valence-corrected chi connectivity index (χ2v) is 7.05. The number of aromatic nitrogens is 1. The lowest BCUT2D eigenvalue weighted by molar-refractivity contribution is -0.144. The Hall–Kier alpha value is -2.19. The largest absolute Gasteiger partial charge is 0.481 e. The maximum Gasteiger partial charge on any atom is 0.307 e. The normalized spacial score (nSPS) is 22.2. The van der Waals surface area contributed by atoms with E-state index in [1.54, 1.807) is 0 Å². The SMILES string of the molecule is CC(C)C(C(=O)O)C(Cc1ccc(C2CCNC2)cn1)C1=NNNN1. The lowest BCUT2D eigenvalue weighted by Crippen LogP contribution is -2.43. The zero-order valence-electron chi connectivity index (χ0n) is 14.6. The Morgan fingerprint density at radius 1 is 1.40 bits per heavy atom. The summed E-state index contributed by atoms with van der Waals surface area (Å²) in [5, 5.41) is 17.2. The molecule has 2 aliphatic rings. The van der Waals surface area contributed by atoms with Gasteiger partial charge in [0.2, 0.25) is 0 Å². The molecule has 3 heterocycles. The van der Waals surface area contributed by atoms with Gasteiger partial charge in [-0.3, -0.25) is 15.2 Å². The first-order valence-corrected chi connectivity index (χ1v) is 8.78. The fourth-order valence-electron chi connectivity index (χ4n) is 3.66. The number of amidine groups is 1. The maximum atomic E-state index is 11.8. The lowest BCUT2D eigenvalue weighted by Gasteiger charge is -2.26. The van der Waals surface area contributed by atoms with Crippen LogP contribution in [0.25, 0.3) is 0 Å². The number of hydrogen-bond acceptors (Lipinski definition) is 7. The quantitative estimate of drug-likeness (QED) is 0.492. The molecule has 5 N–H and O–H groups in total. The van der Waals surface area contributed by atoms with Crippen LogP contribution in [0, 0.1) is 17.8 Å². The summed E-state index contributed by atoms with van der Waals surface area (Å²) in [4.78, 5) is 16.4. The second kappa shape index (κ2) is 7.79. The van der Waals surface area contributed by atoms with Crippen LogP contribution in [0.2, 0.25) is 0 Å². The third kappa shape index (κ3) is 4.08. The molecule has 0 saturated carbocycles. The van der Waals surface area contributed by atoms with Gasteiger partial charge >= 0.3 is 5.97 Å². The Morgan fingerprint density at radius 3 is 2.76 bits per heavy atom. The van der Waals surface area contributed by atoms with Gasteiger partial charge in [-0.25, -0.2) is 5.53 Å². The summed E-state index contributed by atoms with van der Waals surface area (Å²) in [7, 11) is 0. The van der Waals surface area contributed by atoms with Gasteiger partial charge in [0.25, 0.3) is 0 Å². The van der Waals surface area contributed by atoms with E-state index in [2.05, 4.69) is 38.0 Å². The Labute approximate surface area is 147 Å². The molecule has 1 saturated heterocycles. The molecule has 0 spiro atoms.